The van der Waals surface area contributed by atoms with Crippen LogP contribution in [0.3, 0.4) is 0 Å². The molecule has 3 aliphatic carbocycles. The first-order valence-corrected chi connectivity index (χ1v) is 7.63. The normalized spacial score (nSPS) is 25.6. The molecule has 0 unspecified atom stereocenters. The van der Waals surface area contributed by atoms with Crippen molar-refractivity contribution >= 4 is 11.9 Å². The molecule has 3 nitrogen and oxygen atoms in total. The van der Waals surface area contributed by atoms with E-state index in [1.54, 1.807) is 14.2 Å². The van der Waals surface area contributed by atoms with Crippen LogP contribution in [0.25, 0.3) is 6.08 Å². The molecule has 0 N–H and O–H groups in total. The van der Waals surface area contributed by atoms with E-state index < -0.39 is 0 Å². The second-order valence-electron chi connectivity index (χ2n) is 6.65. The van der Waals surface area contributed by atoms with Gasteiger partial charge in [0.15, 0.2) is 5.78 Å². The maximum absolute atomic E-state index is 12.1. The maximum Gasteiger partial charge on any atom is 0.159 e. The molecule has 1 aromatic rings. The molecule has 1 aromatic carbocycles. The average Bonchev–Trinajstić information content (AvgIpc) is 2.51. The topological polar surface area (TPSA) is 35.5 Å². The number of carbonyl (C=O) groups is 1. The summed E-state index contributed by atoms with van der Waals surface area (Å²) >= 11 is 0. The van der Waals surface area contributed by atoms with Gasteiger partial charge in [0.25, 0.3) is 0 Å². The molecule has 22 heavy (non-hydrogen) atoms. The van der Waals surface area contributed by atoms with Crippen molar-refractivity contribution in [1.29, 1.82) is 0 Å². The highest BCUT2D eigenvalue weighted by Crippen LogP contribution is 2.58. The summed E-state index contributed by atoms with van der Waals surface area (Å²) < 4.78 is 10.7. The first-order chi connectivity index (χ1) is 10.5. The van der Waals surface area contributed by atoms with Crippen molar-refractivity contribution in [2.24, 2.45) is 17.3 Å². The maximum atomic E-state index is 12.1. The molecule has 0 aromatic heterocycles. The number of hydrogen-bond donors (Lipinski definition) is 0. The molecule has 1 fully saturated rings. The third-order valence-electron chi connectivity index (χ3n) is 5.21. The van der Waals surface area contributed by atoms with Gasteiger partial charge in [-0.1, -0.05) is 26.0 Å². The van der Waals surface area contributed by atoms with Gasteiger partial charge in [-0.2, -0.15) is 0 Å². The summed E-state index contributed by atoms with van der Waals surface area (Å²) in [5.41, 5.74) is 2.17. The van der Waals surface area contributed by atoms with Crippen LogP contribution in [0.5, 0.6) is 11.5 Å². The third-order valence-corrected chi connectivity index (χ3v) is 5.21. The minimum absolute atomic E-state index is 0.0873. The van der Waals surface area contributed by atoms with Crippen molar-refractivity contribution in [1.82, 2.24) is 0 Å². The van der Waals surface area contributed by atoms with Gasteiger partial charge in [-0.25, -0.2) is 0 Å². The molecule has 0 spiro atoms. The molecule has 0 radical (unpaired) electrons. The predicted octanol–water partition coefficient (Wildman–Crippen LogP) is 3.89. The zero-order chi connectivity index (χ0) is 15.9. The van der Waals surface area contributed by atoms with Gasteiger partial charge < -0.3 is 9.47 Å². The van der Waals surface area contributed by atoms with Crippen LogP contribution in [0.2, 0.25) is 0 Å². The summed E-state index contributed by atoms with van der Waals surface area (Å²) in [6.07, 6.45) is 6.86. The van der Waals surface area contributed by atoms with Crippen LogP contribution in [-0.4, -0.2) is 20.0 Å². The highest BCUT2D eigenvalue weighted by Gasteiger charge is 2.54. The van der Waals surface area contributed by atoms with Crippen molar-refractivity contribution < 1.29 is 14.3 Å². The van der Waals surface area contributed by atoms with E-state index in [1.165, 1.54) is 0 Å². The summed E-state index contributed by atoms with van der Waals surface area (Å²) in [6, 6.07) is 5.71. The minimum atomic E-state index is 0.0873. The molecule has 2 atom stereocenters. The molecule has 4 rings (SSSR count). The van der Waals surface area contributed by atoms with E-state index in [2.05, 4.69) is 19.9 Å². The number of hydrogen-bond acceptors (Lipinski definition) is 3. The van der Waals surface area contributed by atoms with Crippen LogP contribution in [0.4, 0.5) is 0 Å². The Kier molecular flexibility index (Phi) is 3.59. The van der Waals surface area contributed by atoms with Crippen molar-refractivity contribution in [2.45, 2.75) is 20.3 Å². The van der Waals surface area contributed by atoms with Gasteiger partial charge in [-0.3, -0.25) is 4.79 Å². The second-order valence-corrected chi connectivity index (χ2v) is 6.65. The van der Waals surface area contributed by atoms with E-state index in [0.717, 1.165) is 29.1 Å². The first-order valence-electron chi connectivity index (χ1n) is 7.63. The van der Waals surface area contributed by atoms with Gasteiger partial charge in [0.2, 0.25) is 0 Å². The average molecular weight is 298 g/mol. The fourth-order valence-electron chi connectivity index (χ4n) is 3.66. The Morgan fingerprint density at radius 3 is 2.50 bits per heavy atom. The Labute approximate surface area is 131 Å². The molecule has 0 amide bonds. The number of rotatable bonds is 4. The van der Waals surface area contributed by atoms with E-state index in [-0.39, 0.29) is 17.1 Å². The van der Waals surface area contributed by atoms with Crippen LogP contribution < -0.4 is 9.47 Å². The lowest BCUT2D eigenvalue weighted by Crippen LogP contribution is -2.52. The van der Waals surface area contributed by atoms with Crippen LogP contribution >= 0.6 is 0 Å². The largest absolute Gasteiger partial charge is 0.497 e. The van der Waals surface area contributed by atoms with Crippen LogP contribution in [0.1, 0.15) is 25.8 Å². The van der Waals surface area contributed by atoms with Gasteiger partial charge in [0.1, 0.15) is 11.5 Å². The molecule has 0 saturated heterocycles. The van der Waals surface area contributed by atoms with E-state index in [9.17, 15) is 4.79 Å². The number of fused-ring (bicyclic) bond motifs is 1. The molecule has 3 aliphatic rings. The number of methoxy groups -OCH3 is 2. The molecular formula is C19H22O3. The van der Waals surface area contributed by atoms with Crippen LogP contribution in [0.15, 0.2) is 35.9 Å². The second kappa shape index (κ2) is 5.31. The number of carbonyl (C=O) groups excluding carboxylic acids is 1. The monoisotopic (exact) mass is 298 g/mol. The zero-order valence-electron chi connectivity index (χ0n) is 13.6. The van der Waals surface area contributed by atoms with E-state index in [0.29, 0.717) is 5.92 Å². The Balaban J connectivity index is 1.90. The Bertz CT molecular complexity index is 667. The molecule has 2 bridgehead atoms. The van der Waals surface area contributed by atoms with Gasteiger partial charge in [0, 0.05) is 11.5 Å². The summed E-state index contributed by atoms with van der Waals surface area (Å²) in [6.45, 7) is 4.38. The first kappa shape index (κ1) is 14.9. The summed E-state index contributed by atoms with van der Waals surface area (Å²) in [4.78, 5) is 12.1. The van der Waals surface area contributed by atoms with E-state index in [1.807, 2.05) is 30.4 Å². The lowest BCUT2D eigenvalue weighted by molar-refractivity contribution is -0.133. The lowest BCUT2D eigenvalue weighted by Gasteiger charge is -2.54. The zero-order valence-corrected chi connectivity index (χ0v) is 13.6. The van der Waals surface area contributed by atoms with Crippen molar-refractivity contribution in [3.63, 3.8) is 0 Å². The molecule has 3 heteroatoms. The molecule has 0 aliphatic heterocycles. The van der Waals surface area contributed by atoms with Crippen LogP contribution in [-0.2, 0) is 4.79 Å². The van der Waals surface area contributed by atoms with Crippen LogP contribution in [0, 0.1) is 17.3 Å². The Morgan fingerprint density at radius 2 is 1.91 bits per heavy atom. The standard InChI is InChI=1S/C19H22O3/c1-19(2)15-11-16(19)17(20)10-12(15)5-6-13-9-14(21-3)7-8-18(13)22-4/h5-10,15-16H,11H2,1-4H3/b6-5+/t15-,16+/m1/s1. The lowest BCUT2D eigenvalue weighted by atomic mass is 9.48. The molecule has 1 saturated carbocycles. The van der Waals surface area contributed by atoms with Crippen molar-refractivity contribution in [3.8, 4) is 11.5 Å². The Hall–Kier alpha value is -2.03. The number of ketones is 1. The van der Waals surface area contributed by atoms with Gasteiger partial charge in [0.05, 0.1) is 14.2 Å². The minimum Gasteiger partial charge on any atom is -0.497 e. The highest BCUT2D eigenvalue weighted by molar-refractivity contribution is 5.96. The number of benzene rings is 1. The molecular weight excluding hydrogens is 276 g/mol. The number of ether oxygens (including phenoxy) is 2. The SMILES string of the molecule is COc1ccc(OC)c(/C=C/C2=CC(=O)[C@@H]3C[C@H]2C3(C)C)c1. The summed E-state index contributed by atoms with van der Waals surface area (Å²) in [5.74, 6) is 2.54. The van der Waals surface area contributed by atoms with Gasteiger partial charge >= 0.3 is 0 Å². The van der Waals surface area contributed by atoms with Crippen molar-refractivity contribution in [2.75, 3.05) is 14.2 Å². The van der Waals surface area contributed by atoms with Gasteiger partial charge in [-0.05, 0) is 47.6 Å². The predicted molar refractivity (Wildman–Crippen MR) is 87.0 cm³/mol. The molecule has 0 heterocycles. The highest BCUT2D eigenvalue weighted by atomic mass is 16.5. The molecule has 116 valence electrons. The smallest absolute Gasteiger partial charge is 0.159 e. The fourth-order valence-corrected chi connectivity index (χ4v) is 3.66. The summed E-state index contributed by atoms with van der Waals surface area (Å²) in [7, 11) is 3.30. The third kappa shape index (κ3) is 2.25. The fraction of sp³-hybridized carbons (Fsp3) is 0.421. The van der Waals surface area contributed by atoms with Gasteiger partial charge in [-0.15, -0.1) is 0 Å². The quantitative estimate of drug-likeness (QED) is 0.846. The number of allylic oxidation sites excluding steroid dienone is 3. The van der Waals surface area contributed by atoms with Crippen molar-refractivity contribution in [3.05, 3.63) is 41.5 Å². The van der Waals surface area contributed by atoms with E-state index >= 15 is 0 Å². The Morgan fingerprint density at radius 1 is 1.14 bits per heavy atom. The van der Waals surface area contributed by atoms with E-state index in [4.69, 9.17) is 9.47 Å². The summed E-state index contributed by atoms with van der Waals surface area (Å²) in [5, 5.41) is 0.